The number of alkyl carbamates (subject to hydrolysis) is 1. The van der Waals surface area contributed by atoms with Gasteiger partial charge in [0, 0.05) is 24.1 Å². The van der Waals surface area contributed by atoms with Gasteiger partial charge in [0.05, 0.1) is 10.5 Å². The van der Waals surface area contributed by atoms with Crippen LogP contribution in [0.15, 0.2) is 66.7 Å². The van der Waals surface area contributed by atoms with Gasteiger partial charge in [-0.15, -0.1) is 0 Å². The Morgan fingerprint density at radius 1 is 1.03 bits per heavy atom. The first kappa shape index (κ1) is 24.1. The Morgan fingerprint density at radius 2 is 1.63 bits per heavy atom. The molecule has 0 aromatic heterocycles. The summed E-state index contributed by atoms with van der Waals surface area (Å²) in [5.41, 5.74) is 3.74. The summed E-state index contributed by atoms with van der Waals surface area (Å²) in [6.45, 7) is 0.947. The fourth-order valence-electron chi connectivity index (χ4n) is 4.33. The number of rotatable bonds is 8. The number of benzene rings is 3. The lowest BCUT2D eigenvalue weighted by atomic mass is 9.98. The zero-order chi connectivity index (χ0) is 25.1. The highest BCUT2D eigenvalue weighted by Gasteiger charge is 2.30. The summed E-state index contributed by atoms with van der Waals surface area (Å²) < 4.78 is 5.39. The number of ketones is 1. The normalized spacial score (nSPS) is 13.9. The smallest absolute Gasteiger partial charge is 0.407 e. The maximum atomic E-state index is 12.3. The SMILES string of the molecule is CC(=O)c1ccc(C(O)C(O)CNC(=O)OCC2c3ccccc3-c3ccccc32)c([N+](=O)[O-])c1. The molecular weight excluding hydrogens is 452 g/mol. The summed E-state index contributed by atoms with van der Waals surface area (Å²) in [6.07, 6.45) is -4.00. The average Bonchev–Trinajstić information content (AvgIpc) is 3.18. The van der Waals surface area contributed by atoms with Gasteiger partial charge in [-0.3, -0.25) is 14.9 Å². The van der Waals surface area contributed by atoms with Gasteiger partial charge in [0.2, 0.25) is 0 Å². The first-order chi connectivity index (χ1) is 16.8. The molecule has 2 unspecified atom stereocenters. The second kappa shape index (κ2) is 10.0. The third kappa shape index (κ3) is 4.91. The van der Waals surface area contributed by atoms with E-state index in [4.69, 9.17) is 4.74 Å². The molecule has 3 N–H and O–H groups in total. The number of carbonyl (C=O) groups excluding carboxylic acids is 2. The largest absolute Gasteiger partial charge is 0.449 e. The molecule has 1 amide bonds. The second-order valence-electron chi connectivity index (χ2n) is 8.31. The number of nitro benzene ring substituents is 1. The van der Waals surface area contributed by atoms with Crippen molar-refractivity contribution in [3.63, 3.8) is 0 Å². The highest BCUT2D eigenvalue weighted by atomic mass is 16.6. The van der Waals surface area contributed by atoms with Crippen LogP contribution in [0.1, 0.15) is 46.0 Å². The van der Waals surface area contributed by atoms with Crippen LogP contribution in [0.4, 0.5) is 10.5 Å². The van der Waals surface area contributed by atoms with E-state index in [0.29, 0.717) is 0 Å². The van der Waals surface area contributed by atoms with Gasteiger partial charge in [-0.05, 0) is 35.2 Å². The number of nitrogens with zero attached hydrogens (tertiary/aromatic N) is 1. The molecule has 180 valence electrons. The van der Waals surface area contributed by atoms with Crippen molar-refractivity contribution in [1.82, 2.24) is 5.32 Å². The van der Waals surface area contributed by atoms with Crippen LogP contribution in [0.3, 0.4) is 0 Å². The standard InChI is InChI=1S/C26H24N2O7/c1-15(29)16-10-11-21(23(12-16)28(33)34)25(31)24(30)13-27-26(32)35-14-22-19-8-4-2-6-17(19)18-7-3-5-9-20(18)22/h2-12,22,24-25,30-31H,13-14H2,1H3,(H,27,32). The number of nitro groups is 1. The van der Waals surface area contributed by atoms with Crippen molar-refractivity contribution in [2.24, 2.45) is 0 Å². The van der Waals surface area contributed by atoms with E-state index in [1.54, 1.807) is 0 Å². The van der Waals surface area contributed by atoms with Crippen LogP contribution < -0.4 is 5.32 Å². The molecule has 0 heterocycles. The van der Waals surface area contributed by atoms with E-state index >= 15 is 0 Å². The molecule has 0 aliphatic heterocycles. The number of hydrogen-bond donors (Lipinski definition) is 3. The van der Waals surface area contributed by atoms with Gasteiger partial charge in [-0.2, -0.15) is 0 Å². The van der Waals surface area contributed by atoms with Crippen LogP contribution in [0.25, 0.3) is 11.1 Å². The molecular formula is C26H24N2O7. The van der Waals surface area contributed by atoms with Crippen LogP contribution in [0, 0.1) is 10.1 Å². The Hall–Kier alpha value is -4.08. The van der Waals surface area contributed by atoms with Crippen molar-refractivity contribution in [3.05, 3.63) is 99.1 Å². The summed E-state index contributed by atoms with van der Waals surface area (Å²) in [7, 11) is 0. The maximum Gasteiger partial charge on any atom is 0.407 e. The van der Waals surface area contributed by atoms with Gasteiger partial charge >= 0.3 is 6.09 Å². The lowest BCUT2D eigenvalue weighted by Crippen LogP contribution is -2.36. The number of nitrogens with one attached hydrogen (secondary N) is 1. The highest BCUT2D eigenvalue weighted by molar-refractivity contribution is 5.94. The Kier molecular flexibility index (Phi) is 6.90. The molecule has 0 saturated heterocycles. The van der Waals surface area contributed by atoms with Gasteiger partial charge in [-0.25, -0.2) is 4.79 Å². The van der Waals surface area contributed by atoms with Gasteiger partial charge in [-0.1, -0.05) is 54.6 Å². The molecule has 1 aliphatic rings. The van der Waals surface area contributed by atoms with Crippen LogP contribution in [0.5, 0.6) is 0 Å². The number of aliphatic hydroxyl groups excluding tert-OH is 2. The monoisotopic (exact) mass is 476 g/mol. The van der Waals surface area contributed by atoms with Crippen LogP contribution >= 0.6 is 0 Å². The average molecular weight is 476 g/mol. The summed E-state index contributed by atoms with van der Waals surface area (Å²) >= 11 is 0. The first-order valence-electron chi connectivity index (χ1n) is 11.0. The fraction of sp³-hybridized carbons (Fsp3) is 0.231. The minimum absolute atomic E-state index is 0.0799. The lowest BCUT2D eigenvalue weighted by Gasteiger charge is -2.19. The van der Waals surface area contributed by atoms with E-state index < -0.39 is 35.5 Å². The second-order valence-corrected chi connectivity index (χ2v) is 8.31. The molecule has 0 saturated carbocycles. The van der Waals surface area contributed by atoms with Crippen molar-refractivity contribution in [2.75, 3.05) is 13.2 Å². The topological polar surface area (TPSA) is 139 Å². The van der Waals surface area contributed by atoms with Gasteiger partial charge < -0.3 is 20.3 Å². The quantitative estimate of drug-likeness (QED) is 0.256. The molecule has 0 radical (unpaired) electrons. The Labute approximate surface area is 201 Å². The van der Waals surface area contributed by atoms with Gasteiger partial charge in [0.15, 0.2) is 5.78 Å². The molecule has 9 heteroatoms. The minimum atomic E-state index is -1.66. The van der Waals surface area contributed by atoms with Crippen LogP contribution in [-0.4, -0.2) is 46.3 Å². The number of ether oxygens (including phenoxy) is 1. The van der Waals surface area contributed by atoms with Crippen molar-refractivity contribution < 1.29 is 29.5 Å². The molecule has 2 atom stereocenters. The molecule has 3 aromatic rings. The zero-order valence-corrected chi connectivity index (χ0v) is 18.9. The lowest BCUT2D eigenvalue weighted by molar-refractivity contribution is -0.386. The summed E-state index contributed by atoms with van der Waals surface area (Å²) in [5.74, 6) is -0.502. The number of amides is 1. The third-order valence-electron chi connectivity index (χ3n) is 6.12. The van der Waals surface area contributed by atoms with Crippen LogP contribution in [-0.2, 0) is 4.74 Å². The molecule has 0 bridgehead atoms. The molecule has 9 nitrogen and oxygen atoms in total. The van der Waals surface area contributed by atoms with E-state index in [0.717, 1.165) is 28.3 Å². The predicted octanol–water partition coefficient (Wildman–Crippen LogP) is 3.73. The number of hydrogen-bond acceptors (Lipinski definition) is 7. The molecule has 3 aromatic carbocycles. The molecule has 4 rings (SSSR count). The summed E-state index contributed by atoms with van der Waals surface area (Å²) in [6, 6.07) is 19.4. The van der Waals surface area contributed by atoms with Crippen molar-refractivity contribution in [1.29, 1.82) is 0 Å². The Morgan fingerprint density at radius 3 is 2.20 bits per heavy atom. The molecule has 0 spiro atoms. The van der Waals surface area contributed by atoms with E-state index in [-0.39, 0.29) is 29.4 Å². The van der Waals surface area contributed by atoms with Crippen molar-refractivity contribution in [2.45, 2.75) is 25.0 Å². The van der Waals surface area contributed by atoms with Crippen LogP contribution in [0.2, 0.25) is 0 Å². The summed E-state index contributed by atoms with van der Waals surface area (Å²) in [4.78, 5) is 34.5. The number of fused-ring (bicyclic) bond motifs is 3. The number of Topliss-reactive ketones (excluding diaryl/α,β-unsaturated/α-hetero) is 1. The Balaban J connectivity index is 1.37. The predicted molar refractivity (Wildman–Crippen MR) is 127 cm³/mol. The van der Waals surface area contributed by atoms with Crippen molar-refractivity contribution >= 4 is 17.6 Å². The first-order valence-corrected chi connectivity index (χ1v) is 11.0. The summed E-state index contributed by atoms with van der Waals surface area (Å²) in [5, 5.41) is 34.6. The zero-order valence-electron chi connectivity index (χ0n) is 18.9. The van der Waals surface area contributed by atoms with Gasteiger partial charge in [0.1, 0.15) is 18.8 Å². The highest BCUT2D eigenvalue weighted by Crippen LogP contribution is 2.44. The number of carbonyl (C=O) groups is 2. The fourth-order valence-corrected chi connectivity index (χ4v) is 4.33. The molecule has 1 aliphatic carbocycles. The molecule has 35 heavy (non-hydrogen) atoms. The van der Waals surface area contributed by atoms with E-state index in [9.17, 15) is 29.9 Å². The van der Waals surface area contributed by atoms with E-state index in [1.165, 1.54) is 19.1 Å². The number of aliphatic hydroxyl groups is 2. The van der Waals surface area contributed by atoms with E-state index in [2.05, 4.69) is 5.32 Å². The molecule has 0 fully saturated rings. The minimum Gasteiger partial charge on any atom is -0.449 e. The maximum absolute atomic E-state index is 12.3. The van der Waals surface area contributed by atoms with Crippen molar-refractivity contribution in [3.8, 4) is 11.1 Å². The Bertz CT molecular complexity index is 1240. The van der Waals surface area contributed by atoms with E-state index in [1.807, 2.05) is 48.5 Å². The van der Waals surface area contributed by atoms with Gasteiger partial charge in [0.25, 0.3) is 5.69 Å². The third-order valence-corrected chi connectivity index (χ3v) is 6.12.